The molecular weight excluding hydrogens is 388 g/mol. The molecule has 3 aliphatic rings. The molecule has 1 aromatic carbocycles. The zero-order chi connectivity index (χ0) is 20.9. The number of nitrogens with zero attached hydrogens (tertiary/aromatic N) is 3. The maximum Gasteiger partial charge on any atom is 0.228 e. The molecule has 6 rings (SSSR count). The van der Waals surface area contributed by atoms with Gasteiger partial charge in [0.15, 0.2) is 5.65 Å². The lowest BCUT2D eigenvalue weighted by Gasteiger charge is -2.17. The minimum Gasteiger partial charge on any atom is -0.367 e. The summed E-state index contributed by atoms with van der Waals surface area (Å²) in [4.78, 5) is 16.6. The van der Waals surface area contributed by atoms with Crippen LogP contribution < -0.4 is 16.0 Å². The Balaban J connectivity index is 1.40. The van der Waals surface area contributed by atoms with Gasteiger partial charge in [0.1, 0.15) is 11.6 Å². The van der Waals surface area contributed by atoms with Crippen LogP contribution in [0.2, 0.25) is 0 Å². The second-order valence-electron chi connectivity index (χ2n) is 8.59. The Hall–Kier alpha value is -3.61. The van der Waals surface area contributed by atoms with Crippen molar-refractivity contribution in [2.45, 2.75) is 44.2 Å². The second-order valence-corrected chi connectivity index (χ2v) is 8.59. The van der Waals surface area contributed by atoms with Crippen LogP contribution in [0.3, 0.4) is 0 Å². The maximum absolute atomic E-state index is 11.7. The molecule has 7 heteroatoms. The zero-order valence-corrected chi connectivity index (χ0v) is 17.2. The fraction of sp³-hybridized carbons (Fsp3) is 0.292. The molecular formula is C24H24N6O. The highest BCUT2D eigenvalue weighted by Gasteiger charge is 2.26. The number of carbonyl (C=O) groups is 1. The number of aryl methyl sites for hydroxylation is 1. The van der Waals surface area contributed by atoms with Crippen molar-refractivity contribution in [1.82, 2.24) is 19.9 Å². The number of amides is 1. The van der Waals surface area contributed by atoms with Crippen molar-refractivity contribution in [2.24, 2.45) is 0 Å². The van der Waals surface area contributed by atoms with Gasteiger partial charge in [-0.25, -0.2) is 4.98 Å². The van der Waals surface area contributed by atoms with Gasteiger partial charge in [-0.15, -0.1) is 0 Å². The van der Waals surface area contributed by atoms with E-state index in [-0.39, 0.29) is 11.9 Å². The number of allylic oxidation sites excluding steroid dienone is 1. The van der Waals surface area contributed by atoms with Gasteiger partial charge in [-0.2, -0.15) is 9.61 Å². The molecule has 0 bridgehead atoms. The molecule has 1 atom stereocenters. The Labute approximate surface area is 180 Å². The van der Waals surface area contributed by atoms with Crippen molar-refractivity contribution >= 4 is 29.3 Å². The number of aromatic nitrogens is 3. The summed E-state index contributed by atoms with van der Waals surface area (Å²) in [5.41, 5.74) is 5.92. The van der Waals surface area contributed by atoms with Gasteiger partial charge in [0, 0.05) is 23.4 Å². The van der Waals surface area contributed by atoms with Crippen LogP contribution in [0.25, 0.3) is 11.7 Å². The summed E-state index contributed by atoms with van der Waals surface area (Å²) in [7, 11) is 0. The molecule has 3 N–H and O–H groups in total. The van der Waals surface area contributed by atoms with E-state index in [4.69, 9.17) is 4.98 Å². The van der Waals surface area contributed by atoms with Crippen LogP contribution in [0.5, 0.6) is 0 Å². The van der Waals surface area contributed by atoms with Gasteiger partial charge in [0.25, 0.3) is 0 Å². The summed E-state index contributed by atoms with van der Waals surface area (Å²) in [6, 6.07) is 11.4. The molecule has 0 unspecified atom stereocenters. The number of fused-ring (bicyclic) bond motifs is 2. The van der Waals surface area contributed by atoms with Gasteiger partial charge in [0.05, 0.1) is 18.7 Å². The summed E-state index contributed by atoms with van der Waals surface area (Å²) in [6.07, 6.45) is 8.59. The Kier molecular flexibility index (Phi) is 4.09. The third-order valence-electron chi connectivity index (χ3n) is 6.24. The SMILES string of the molecule is C=C1NC(=O)C/C1=C\c1cnn2c(NC3CC3)cc(N[C@@H]3CCc4ccccc43)nc12. The van der Waals surface area contributed by atoms with Gasteiger partial charge in [-0.3, -0.25) is 4.79 Å². The van der Waals surface area contributed by atoms with Crippen LogP contribution in [0.15, 0.2) is 54.4 Å². The maximum atomic E-state index is 11.7. The lowest BCUT2D eigenvalue weighted by atomic mass is 10.1. The van der Waals surface area contributed by atoms with E-state index < -0.39 is 0 Å². The minimum absolute atomic E-state index is 0.0287. The lowest BCUT2D eigenvalue weighted by molar-refractivity contribution is -0.118. The Bertz CT molecular complexity index is 1250. The van der Waals surface area contributed by atoms with Crippen LogP contribution in [0, 0.1) is 0 Å². The van der Waals surface area contributed by atoms with E-state index in [1.807, 2.05) is 10.6 Å². The van der Waals surface area contributed by atoms with Gasteiger partial charge < -0.3 is 16.0 Å². The predicted octanol–water partition coefficient (Wildman–Crippen LogP) is 3.82. The number of carbonyl (C=O) groups excluding carboxylic acids is 1. The fourth-order valence-electron chi connectivity index (χ4n) is 4.48. The third kappa shape index (κ3) is 3.36. The van der Waals surface area contributed by atoms with E-state index in [0.29, 0.717) is 18.2 Å². The number of rotatable bonds is 5. The standard InChI is InChI=1S/C24H24N6O/c1-14-16(11-23(31)26-14)10-17-13-25-30-22(27-18-7-8-18)12-21(29-24(17)30)28-20-9-6-15-4-2-3-5-19(15)20/h2-5,10,12-13,18,20,27H,1,6-9,11H2,(H,26,31)(H,28,29)/b16-10+/t20-/m1/s1. The Morgan fingerprint density at radius 1 is 1.19 bits per heavy atom. The molecule has 2 aromatic heterocycles. The van der Waals surface area contributed by atoms with E-state index in [1.165, 1.54) is 24.0 Å². The van der Waals surface area contributed by atoms with E-state index in [9.17, 15) is 4.79 Å². The smallest absolute Gasteiger partial charge is 0.228 e. The van der Waals surface area contributed by atoms with Gasteiger partial charge in [-0.1, -0.05) is 30.8 Å². The van der Waals surface area contributed by atoms with Crippen LogP contribution in [-0.2, 0) is 11.2 Å². The lowest BCUT2D eigenvalue weighted by Crippen LogP contribution is -2.12. The summed E-state index contributed by atoms with van der Waals surface area (Å²) in [6.45, 7) is 3.95. The minimum atomic E-state index is -0.0287. The number of hydrogen-bond acceptors (Lipinski definition) is 5. The molecule has 0 spiro atoms. The summed E-state index contributed by atoms with van der Waals surface area (Å²) in [5, 5.41) is 14.6. The highest BCUT2D eigenvalue weighted by molar-refractivity contribution is 5.89. The fourth-order valence-corrected chi connectivity index (χ4v) is 4.48. The van der Waals surface area contributed by atoms with Crippen molar-refractivity contribution < 1.29 is 4.79 Å². The number of benzene rings is 1. The molecule has 2 aliphatic carbocycles. The molecule has 31 heavy (non-hydrogen) atoms. The van der Waals surface area contributed by atoms with Gasteiger partial charge >= 0.3 is 0 Å². The van der Waals surface area contributed by atoms with Gasteiger partial charge in [0.2, 0.25) is 5.91 Å². The molecule has 1 saturated heterocycles. The first-order chi connectivity index (χ1) is 15.1. The molecule has 3 heterocycles. The number of anilines is 2. The average molecular weight is 412 g/mol. The first kappa shape index (κ1) is 18.2. The van der Waals surface area contributed by atoms with E-state index in [1.54, 1.807) is 6.20 Å². The number of nitrogens with one attached hydrogen (secondary N) is 3. The highest BCUT2D eigenvalue weighted by Crippen LogP contribution is 2.35. The number of hydrogen-bond donors (Lipinski definition) is 3. The Morgan fingerprint density at radius 2 is 2.06 bits per heavy atom. The summed E-state index contributed by atoms with van der Waals surface area (Å²) in [5.74, 6) is 1.74. The molecule has 1 aliphatic heterocycles. The first-order valence-electron chi connectivity index (χ1n) is 10.8. The molecule has 1 amide bonds. The van der Waals surface area contributed by atoms with Crippen molar-refractivity contribution in [1.29, 1.82) is 0 Å². The van der Waals surface area contributed by atoms with E-state index in [0.717, 1.165) is 41.3 Å². The third-order valence-corrected chi connectivity index (χ3v) is 6.24. The molecule has 0 radical (unpaired) electrons. The van der Waals surface area contributed by atoms with Crippen LogP contribution in [-0.4, -0.2) is 26.5 Å². The molecule has 3 aromatic rings. The second kappa shape index (κ2) is 6.97. The molecule has 156 valence electrons. The first-order valence-corrected chi connectivity index (χ1v) is 10.8. The Morgan fingerprint density at radius 3 is 2.87 bits per heavy atom. The van der Waals surface area contributed by atoms with E-state index in [2.05, 4.69) is 58.0 Å². The van der Waals surface area contributed by atoms with Crippen LogP contribution >= 0.6 is 0 Å². The van der Waals surface area contributed by atoms with Crippen molar-refractivity contribution in [3.8, 4) is 0 Å². The zero-order valence-electron chi connectivity index (χ0n) is 17.2. The van der Waals surface area contributed by atoms with Crippen molar-refractivity contribution in [3.63, 3.8) is 0 Å². The van der Waals surface area contributed by atoms with Gasteiger partial charge in [-0.05, 0) is 48.5 Å². The van der Waals surface area contributed by atoms with Crippen LogP contribution in [0.1, 0.15) is 48.4 Å². The normalized spacial score (nSPS) is 21.5. The van der Waals surface area contributed by atoms with Crippen molar-refractivity contribution in [2.75, 3.05) is 10.6 Å². The monoisotopic (exact) mass is 412 g/mol. The predicted molar refractivity (Wildman–Crippen MR) is 121 cm³/mol. The summed E-state index contributed by atoms with van der Waals surface area (Å²) >= 11 is 0. The molecule has 1 saturated carbocycles. The molecule has 7 nitrogen and oxygen atoms in total. The topological polar surface area (TPSA) is 83.4 Å². The average Bonchev–Trinajstić information content (AvgIpc) is 3.20. The van der Waals surface area contributed by atoms with Crippen molar-refractivity contribution in [3.05, 3.63) is 71.1 Å². The highest BCUT2D eigenvalue weighted by atomic mass is 16.1. The van der Waals surface area contributed by atoms with Crippen LogP contribution in [0.4, 0.5) is 11.6 Å². The molecule has 2 fully saturated rings. The quantitative estimate of drug-likeness (QED) is 0.593. The summed E-state index contributed by atoms with van der Waals surface area (Å²) < 4.78 is 1.85. The van der Waals surface area contributed by atoms with E-state index >= 15 is 0 Å². The largest absolute Gasteiger partial charge is 0.367 e.